The zero-order chi connectivity index (χ0) is 14.5. The SMILES string of the molecule is Cc1ccc(N2CCCC(CO)C2)c(CNC(C)C)c1. The Balaban J connectivity index is 2.16. The summed E-state index contributed by atoms with van der Waals surface area (Å²) in [5.41, 5.74) is 4.02. The smallest absolute Gasteiger partial charge is 0.0476 e. The van der Waals surface area contributed by atoms with Gasteiger partial charge < -0.3 is 15.3 Å². The third kappa shape index (κ3) is 3.97. The molecule has 20 heavy (non-hydrogen) atoms. The van der Waals surface area contributed by atoms with Crippen LogP contribution in [0.2, 0.25) is 0 Å². The van der Waals surface area contributed by atoms with Crippen molar-refractivity contribution in [2.24, 2.45) is 5.92 Å². The third-order valence-electron chi connectivity index (χ3n) is 4.05. The molecule has 2 N–H and O–H groups in total. The number of piperidine rings is 1. The van der Waals surface area contributed by atoms with Gasteiger partial charge in [0.25, 0.3) is 0 Å². The monoisotopic (exact) mass is 276 g/mol. The second kappa shape index (κ2) is 7.09. The standard InChI is InChI=1S/C17H28N2O/c1-13(2)18-10-16-9-14(3)6-7-17(16)19-8-4-5-15(11-19)12-20/h6-7,9,13,15,18,20H,4-5,8,10-12H2,1-3H3. The molecule has 1 aliphatic rings. The Bertz CT molecular complexity index is 431. The lowest BCUT2D eigenvalue weighted by atomic mass is 9.97. The molecule has 3 heteroatoms. The first kappa shape index (κ1) is 15.3. The van der Waals surface area contributed by atoms with Crippen LogP contribution in [0.4, 0.5) is 5.69 Å². The van der Waals surface area contributed by atoms with E-state index in [9.17, 15) is 5.11 Å². The molecule has 0 spiro atoms. The fraction of sp³-hybridized carbons (Fsp3) is 0.647. The number of benzene rings is 1. The van der Waals surface area contributed by atoms with Gasteiger partial charge in [0.2, 0.25) is 0 Å². The van der Waals surface area contributed by atoms with Gasteiger partial charge in [-0.25, -0.2) is 0 Å². The summed E-state index contributed by atoms with van der Waals surface area (Å²) in [4.78, 5) is 2.45. The maximum atomic E-state index is 9.41. The number of aliphatic hydroxyl groups is 1. The van der Waals surface area contributed by atoms with Crippen LogP contribution in [-0.4, -0.2) is 30.8 Å². The van der Waals surface area contributed by atoms with Crippen LogP contribution in [0.25, 0.3) is 0 Å². The Hall–Kier alpha value is -1.06. The van der Waals surface area contributed by atoms with E-state index < -0.39 is 0 Å². The third-order valence-corrected chi connectivity index (χ3v) is 4.05. The van der Waals surface area contributed by atoms with Crippen LogP contribution in [0.3, 0.4) is 0 Å². The van der Waals surface area contributed by atoms with E-state index in [4.69, 9.17) is 0 Å². The van der Waals surface area contributed by atoms with Crippen LogP contribution >= 0.6 is 0 Å². The van der Waals surface area contributed by atoms with Crippen molar-refractivity contribution in [3.63, 3.8) is 0 Å². The first-order chi connectivity index (χ1) is 9.60. The van der Waals surface area contributed by atoms with E-state index in [2.05, 4.69) is 49.2 Å². The van der Waals surface area contributed by atoms with Gasteiger partial charge in [0.1, 0.15) is 0 Å². The number of rotatable bonds is 5. The molecule has 0 aromatic heterocycles. The van der Waals surface area contributed by atoms with Crippen LogP contribution in [-0.2, 0) is 6.54 Å². The highest BCUT2D eigenvalue weighted by molar-refractivity contribution is 5.55. The first-order valence-corrected chi connectivity index (χ1v) is 7.79. The van der Waals surface area contributed by atoms with Crippen molar-refractivity contribution in [3.8, 4) is 0 Å². The second-order valence-corrected chi connectivity index (χ2v) is 6.30. The maximum absolute atomic E-state index is 9.41. The Kier molecular flexibility index (Phi) is 5.44. The van der Waals surface area contributed by atoms with E-state index >= 15 is 0 Å². The molecule has 2 rings (SSSR count). The predicted molar refractivity (Wildman–Crippen MR) is 85.2 cm³/mol. The number of aliphatic hydroxyl groups excluding tert-OH is 1. The van der Waals surface area contributed by atoms with Crippen molar-refractivity contribution in [2.45, 2.75) is 46.2 Å². The lowest BCUT2D eigenvalue weighted by Gasteiger charge is -2.35. The molecule has 112 valence electrons. The summed E-state index contributed by atoms with van der Waals surface area (Å²) >= 11 is 0. The Morgan fingerprint density at radius 1 is 1.40 bits per heavy atom. The van der Waals surface area contributed by atoms with E-state index in [0.29, 0.717) is 18.6 Å². The van der Waals surface area contributed by atoms with E-state index in [1.807, 2.05) is 0 Å². The number of nitrogens with zero attached hydrogens (tertiary/aromatic N) is 1. The van der Waals surface area contributed by atoms with Crippen molar-refractivity contribution in [1.82, 2.24) is 5.32 Å². The fourth-order valence-corrected chi connectivity index (χ4v) is 2.91. The summed E-state index contributed by atoms with van der Waals surface area (Å²) < 4.78 is 0. The minimum atomic E-state index is 0.307. The van der Waals surface area contributed by atoms with Crippen molar-refractivity contribution < 1.29 is 5.11 Å². The molecule has 1 heterocycles. The number of hydrogen-bond donors (Lipinski definition) is 2. The molecular formula is C17H28N2O. The summed E-state index contributed by atoms with van der Waals surface area (Å²) in [5, 5.41) is 12.9. The van der Waals surface area contributed by atoms with E-state index in [0.717, 1.165) is 26.1 Å². The molecule has 0 bridgehead atoms. The minimum Gasteiger partial charge on any atom is -0.396 e. The zero-order valence-corrected chi connectivity index (χ0v) is 13.0. The van der Waals surface area contributed by atoms with Gasteiger partial charge in [-0.2, -0.15) is 0 Å². The number of anilines is 1. The van der Waals surface area contributed by atoms with Gasteiger partial charge in [-0.3, -0.25) is 0 Å². The summed E-state index contributed by atoms with van der Waals surface area (Å²) in [5.74, 6) is 0.427. The molecular weight excluding hydrogens is 248 g/mol. The second-order valence-electron chi connectivity index (χ2n) is 6.30. The minimum absolute atomic E-state index is 0.307. The quantitative estimate of drug-likeness (QED) is 0.868. The van der Waals surface area contributed by atoms with Gasteiger partial charge in [-0.05, 0) is 37.3 Å². The summed E-state index contributed by atoms with van der Waals surface area (Å²) in [6, 6.07) is 7.21. The first-order valence-electron chi connectivity index (χ1n) is 7.79. The van der Waals surface area contributed by atoms with E-state index in [1.165, 1.54) is 23.2 Å². The zero-order valence-electron chi connectivity index (χ0n) is 13.0. The summed E-state index contributed by atoms with van der Waals surface area (Å²) in [6.45, 7) is 9.81. The molecule has 0 radical (unpaired) electrons. The van der Waals surface area contributed by atoms with Gasteiger partial charge in [0, 0.05) is 38.0 Å². The molecule has 0 saturated carbocycles. The van der Waals surface area contributed by atoms with E-state index in [-0.39, 0.29) is 0 Å². The number of nitrogens with one attached hydrogen (secondary N) is 1. The highest BCUT2D eigenvalue weighted by Gasteiger charge is 2.21. The molecule has 1 aromatic rings. The fourth-order valence-electron chi connectivity index (χ4n) is 2.91. The Morgan fingerprint density at radius 3 is 2.90 bits per heavy atom. The lowest BCUT2D eigenvalue weighted by Crippen LogP contribution is -2.37. The topological polar surface area (TPSA) is 35.5 Å². The largest absolute Gasteiger partial charge is 0.396 e. The molecule has 1 saturated heterocycles. The normalized spacial score (nSPS) is 19.6. The average molecular weight is 276 g/mol. The maximum Gasteiger partial charge on any atom is 0.0476 e. The Morgan fingerprint density at radius 2 is 2.20 bits per heavy atom. The highest BCUT2D eigenvalue weighted by atomic mass is 16.3. The lowest BCUT2D eigenvalue weighted by molar-refractivity contribution is 0.208. The molecule has 0 amide bonds. The van der Waals surface area contributed by atoms with Crippen LogP contribution < -0.4 is 10.2 Å². The molecule has 1 fully saturated rings. The van der Waals surface area contributed by atoms with Gasteiger partial charge in [-0.1, -0.05) is 31.5 Å². The highest BCUT2D eigenvalue weighted by Crippen LogP contribution is 2.27. The van der Waals surface area contributed by atoms with Crippen LogP contribution in [0, 0.1) is 12.8 Å². The Labute approximate surface area is 123 Å². The molecule has 1 aliphatic heterocycles. The van der Waals surface area contributed by atoms with Crippen LogP contribution in [0.15, 0.2) is 18.2 Å². The summed E-state index contributed by atoms with van der Waals surface area (Å²) in [7, 11) is 0. The van der Waals surface area contributed by atoms with Gasteiger partial charge in [0.15, 0.2) is 0 Å². The van der Waals surface area contributed by atoms with Crippen LogP contribution in [0.1, 0.15) is 37.8 Å². The molecule has 3 nitrogen and oxygen atoms in total. The average Bonchev–Trinajstić information content (AvgIpc) is 2.45. The molecule has 1 unspecified atom stereocenters. The van der Waals surface area contributed by atoms with E-state index in [1.54, 1.807) is 0 Å². The predicted octanol–water partition coefficient (Wildman–Crippen LogP) is 2.70. The number of hydrogen-bond acceptors (Lipinski definition) is 3. The molecule has 0 aliphatic carbocycles. The molecule has 1 atom stereocenters. The van der Waals surface area contributed by atoms with Crippen molar-refractivity contribution in [2.75, 3.05) is 24.6 Å². The van der Waals surface area contributed by atoms with Crippen molar-refractivity contribution in [1.29, 1.82) is 0 Å². The van der Waals surface area contributed by atoms with Crippen LogP contribution in [0.5, 0.6) is 0 Å². The van der Waals surface area contributed by atoms with Gasteiger partial charge >= 0.3 is 0 Å². The summed E-state index contributed by atoms with van der Waals surface area (Å²) in [6.07, 6.45) is 2.33. The van der Waals surface area contributed by atoms with Gasteiger partial charge in [0.05, 0.1) is 0 Å². The van der Waals surface area contributed by atoms with Crippen molar-refractivity contribution >= 4 is 5.69 Å². The molecule has 1 aromatic carbocycles. The van der Waals surface area contributed by atoms with Gasteiger partial charge in [-0.15, -0.1) is 0 Å². The number of aryl methyl sites for hydroxylation is 1. The van der Waals surface area contributed by atoms with Crippen molar-refractivity contribution in [3.05, 3.63) is 29.3 Å².